The third kappa shape index (κ3) is 5.70. The topological polar surface area (TPSA) is 92.3 Å². The number of rotatable bonds is 9. The van der Waals surface area contributed by atoms with Crippen molar-refractivity contribution in [2.45, 2.75) is 58.5 Å². The number of halogens is 1. The smallest absolute Gasteiger partial charge is 0.337 e. The monoisotopic (exact) mass is 613 g/mol. The van der Waals surface area contributed by atoms with Gasteiger partial charge in [-0.05, 0) is 91.4 Å². The minimum Gasteiger partial charge on any atom is -0.493 e. The van der Waals surface area contributed by atoms with Gasteiger partial charge in [0.1, 0.15) is 0 Å². The van der Waals surface area contributed by atoms with Gasteiger partial charge in [0.25, 0.3) is 0 Å². The minimum atomic E-state index is -0.636. The number of Topliss-reactive ketones (excluding diaryl/α,β-unsaturated/α-hetero) is 1. The lowest BCUT2D eigenvalue weighted by atomic mass is 9.71. The number of hydrogen-bond acceptors (Lipinski definition) is 8. The summed E-state index contributed by atoms with van der Waals surface area (Å²) in [5.41, 5.74) is 4.14. The Morgan fingerprint density at radius 2 is 1.70 bits per heavy atom. The first-order valence-corrected chi connectivity index (χ1v) is 14.1. The zero-order chi connectivity index (χ0) is 29.1. The number of dihydropyridines is 1. The third-order valence-corrected chi connectivity index (χ3v) is 7.73. The second kappa shape index (κ2) is 12.4. The summed E-state index contributed by atoms with van der Waals surface area (Å²) in [6.45, 7) is 7.77. The van der Waals surface area contributed by atoms with Gasteiger partial charge in [0, 0.05) is 29.3 Å². The first-order valence-electron chi connectivity index (χ1n) is 13.3. The van der Waals surface area contributed by atoms with Crippen molar-refractivity contribution >= 4 is 27.7 Å². The van der Waals surface area contributed by atoms with Crippen molar-refractivity contribution < 1.29 is 33.3 Å². The summed E-state index contributed by atoms with van der Waals surface area (Å²) in [7, 11) is 4.76. The molecule has 0 saturated carbocycles. The molecule has 2 aliphatic rings. The summed E-state index contributed by atoms with van der Waals surface area (Å²) in [6.07, 6.45) is 0.558. The molecule has 2 atom stereocenters. The molecule has 2 aromatic rings. The average Bonchev–Trinajstić information content (AvgIpc) is 2.91. The maximum atomic E-state index is 14.0. The van der Waals surface area contributed by atoms with Gasteiger partial charge in [0.2, 0.25) is 0 Å². The second-order valence-electron chi connectivity index (χ2n) is 10.1. The number of esters is 1. The van der Waals surface area contributed by atoms with Crippen LogP contribution in [0, 0.1) is 0 Å². The fourth-order valence-corrected chi connectivity index (χ4v) is 6.10. The third-order valence-electron chi connectivity index (χ3n) is 7.14. The Morgan fingerprint density at radius 1 is 1.00 bits per heavy atom. The Hall–Kier alpha value is -3.46. The predicted octanol–water partition coefficient (Wildman–Crippen LogP) is 6.19. The summed E-state index contributed by atoms with van der Waals surface area (Å²) < 4.78 is 28.7. The standard InChI is InChI=1S/C31H36BrNO7/c1-8-39-26-15-20(11-21(32)30(26)38-7)28-27(31(35)40-16(2)3)17(4)33-22-12-19(13-23(34)29(22)28)18-9-10-24(36-5)25(14-18)37-6/h9-11,14-16,19,28,33H,8,12-13H2,1-7H3. The Balaban J connectivity index is 1.85. The van der Waals surface area contributed by atoms with E-state index in [4.69, 9.17) is 23.7 Å². The predicted molar refractivity (Wildman–Crippen MR) is 155 cm³/mol. The van der Waals surface area contributed by atoms with Crippen LogP contribution in [-0.2, 0) is 14.3 Å². The highest BCUT2D eigenvalue weighted by atomic mass is 79.9. The molecule has 1 aliphatic carbocycles. The van der Waals surface area contributed by atoms with E-state index in [-0.39, 0.29) is 24.2 Å². The van der Waals surface area contributed by atoms with Crippen molar-refractivity contribution in [3.8, 4) is 23.0 Å². The number of carbonyl (C=O) groups excluding carboxylic acids is 2. The summed E-state index contributed by atoms with van der Waals surface area (Å²) in [6, 6.07) is 9.47. The molecule has 1 N–H and O–H groups in total. The number of methoxy groups -OCH3 is 3. The normalized spacial score (nSPS) is 18.8. The van der Waals surface area contributed by atoms with E-state index in [9.17, 15) is 9.59 Å². The van der Waals surface area contributed by atoms with Crippen LogP contribution in [0.15, 0.2) is 57.3 Å². The Morgan fingerprint density at radius 3 is 2.33 bits per heavy atom. The molecule has 4 rings (SSSR count). The van der Waals surface area contributed by atoms with Crippen LogP contribution in [0.5, 0.6) is 23.0 Å². The molecular weight excluding hydrogens is 578 g/mol. The fourth-order valence-electron chi connectivity index (χ4n) is 5.48. The van der Waals surface area contributed by atoms with Gasteiger partial charge in [0.05, 0.1) is 44.1 Å². The van der Waals surface area contributed by atoms with Crippen molar-refractivity contribution in [2.75, 3.05) is 27.9 Å². The molecule has 0 amide bonds. The van der Waals surface area contributed by atoms with Crippen LogP contribution in [0.4, 0.5) is 0 Å². The number of benzene rings is 2. The molecule has 2 unspecified atom stereocenters. The van der Waals surface area contributed by atoms with Crippen molar-refractivity contribution in [1.29, 1.82) is 0 Å². The maximum absolute atomic E-state index is 14.0. The SMILES string of the molecule is CCOc1cc(C2C(C(=O)OC(C)C)=C(C)NC3=C2C(=O)CC(c2ccc(OC)c(OC)c2)C3)cc(Br)c1OC. The molecule has 9 heteroatoms. The molecule has 1 heterocycles. The molecule has 0 bridgehead atoms. The summed E-state index contributed by atoms with van der Waals surface area (Å²) >= 11 is 3.60. The minimum absolute atomic E-state index is 0.0363. The Kier molecular flexibility index (Phi) is 9.13. The average molecular weight is 615 g/mol. The molecule has 0 fully saturated rings. The lowest BCUT2D eigenvalue weighted by Gasteiger charge is -2.37. The highest BCUT2D eigenvalue weighted by molar-refractivity contribution is 9.10. The molecule has 0 radical (unpaired) electrons. The maximum Gasteiger partial charge on any atom is 0.337 e. The Bertz CT molecular complexity index is 1380. The van der Waals surface area contributed by atoms with E-state index < -0.39 is 11.9 Å². The quantitative estimate of drug-likeness (QED) is 0.335. The van der Waals surface area contributed by atoms with Gasteiger partial charge >= 0.3 is 5.97 Å². The molecule has 2 aromatic carbocycles. The van der Waals surface area contributed by atoms with Crippen LogP contribution in [0.3, 0.4) is 0 Å². The van der Waals surface area contributed by atoms with E-state index in [0.717, 1.165) is 16.8 Å². The van der Waals surface area contributed by atoms with Crippen molar-refractivity contribution in [3.63, 3.8) is 0 Å². The molecule has 40 heavy (non-hydrogen) atoms. The van der Waals surface area contributed by atoms with E-state index in [2.05, 4.69) is 21.2 Å². The number of ether oxygens (including phenoxy) is 5. The van der Waals surface area contributed by atoms with E-state index in [1.54, 1.807) is 35.2 Å². The van der Waals surface area contributed by atoms with E-state index >= 15 is 0 Å². The molecule has 8 nitrogen and oxygen atoms in total. The molecule has 0 aromatic heterocycles. The van der Waals surface area contributed by atoms with Gasteiger partial charge in [-0.25, -0.2) is 4.79 Å². The lowest BCUT2D eigenvalue weighted by molar-refractivity contribution is -0.143. The molecule has 1 aliphatic heterocycles. The van der Waals surface area contributed by atoms with E-state index in [1.807, 2.05) is 44.2 Å². The van der Waals surface area contributed by atoms with Gasteiger partial charge < -0.3 is 29.0 Å². The van der Waals surface area contributed by atoms with Crippen molar-refractivity contribution in [3.05, 3.63) is 68.5 Å². The van der Waals surface area contributed by atoms with Gasteiger partial charge in [-0.1, -0.05) is 6.07 Å². The zero-order valence-electron chi connectivity index (χ0n) is 24.0. The molecule has 0 saturated heterocycles. The number of allylic oxidation sites excluding steroid dienone is 3. The van der Waals surface area contributed by atoms with Gasteiger partial charge in [0.15, 0.2) is 28.8 Å². The van der Waals surface area contributed by atoms with Gasteiger partial charge in [-0.15, -0.1) is 0 Å². The highest BCUT2D eigenvalue weighted by Gasteiger charge is 2.42. The molecular formula is C31H36BrNO7. The largest absolute Gasteiger partial charge is 0.493 e. The number of nitrogens with one attached hydrogen (secondary N) is 1. The fraction of sp³-hybridized carbons (Fsp3) is 0.419. The first-order chi connectivity index (χ1) is 19.1. The second-order valence-corrected chi connectivity index (χ2v) is 10.9. The zero-order valence-corrected chi connectivity index (χ0v) is 25.6. The van der Waals surface area contributed by atoms with Gasteiger partial charge in [-0.3, -0.25) is 4.79 Å². The summed E-state index contributed by atoms with van der Waals surface area (Å²) in [4.78, 5) is 27.5. The van der Waals surface area contributed by atoms with Crippen LogP contribution in [0.2, 0.25) is 0 Å². The summed E-state index contributed by atoms with van der Waals surface area (Å²) in [5, 5.41) is 3.39. The van der Waals surface area contributed by atoms with Crippen LogP contribution < -0.4 is 24.3 Å². The Labute approximate surface area is 243 Å². The summed E-state index contributed by atoms with van der Waals surface area (Å²) in [5.74, 6) is 1.11. The van der Waals surface area contributed by atoms with Crippen LogP contribution in [0.1, 0.15) is 63.5 Å². The van der Waals surface area contributed by atoms with Gasteiger partial charge in [-0.2, -0.15) is 0 Å². The first kappa shape index (κ1) is 29.5. The number of ketones is 1. The molecule has 0 spiro atoms. The van der Waals surface area contributed by atoms with Crippen LogP contribution in [0.25, 0.3) is 0 Å². The van der Waals surface area contributed by atoms with Crippen LogP contribution in [-0.4, -0.2) is 45.8 Å². The number of carbonyl (C=O) groups is 2. The van der Waals surface area contributed by atoms with E-state index in [0.29, 0.717) is 57.3 Å². The number of hydrogen-bond donors (Lipinski definition) is 1. The molecule has 214 valence electrons. The van der Waals surface area contributed by atoms with Crippen molar-refractivity contribution in [1.82, 2.24) is 5.32 Å². The van der Waals surface area contributed by atoms with Crippen molar-refractivity contribution in [2.24, 2.45) is 0 Å². The lowest BCUT2D eigenvalue weighted by Crippen LogP contribution is -2.36. The van der Waals surface area contributed by atoms with Crippen LogP contribution >= 0.6 is 15.9 Å². The highest BCUT2D eigenvalue weighted by Crippen LogP contribution is 2.49. The van der Waals surface area contributed by atoms with E-state index in [1.165, 1.54) is 0 Å².